The van der Waals surface area contributed by atoms with Crippen molar-refractivity contribution < 1.29 is 22.7 Å². The number of amides is 2. The first-order valence-electron chi connectivity index (χ1n) is 8.15. The van der Waals surface area contributed by atoms with E-state index in [0.29, 0.717) is 19.6 Å². The number of benzene rings is 1. The van der Waals surface area contributed by atoms with Crippen molar-refractivity contribution in [3.05, 3.63) is 23.8 Å². The number of nitrogens with zero attached hydrogens (tertiary/aromatic N) is 1. The highest BCUT2D eigenvalue weighted by Crippen LogP contribution is 2.27. The van der Waals surface area contributed by atoms with E-state index >= 15 is 0 Å². The summed E-state index contributed by atoms with van der Waals surface area (Å²) in [5.74, 6) is -1.09. The van der Waals surface area contributed by atoms with Crippen molar-refractivity contribution in [1.82, 2.24) is 9.62 Å². The van der Waals surface area contributed by atoms with Crippen molar-refractivity contribution in [2.24, 2.45) is 5.73 Å². The number of nitrogens with two attached hydrogens (primary N) is 1. The zero-order valence-corrected chi connectivity index (χ0v) is 15.1. The molecule has 9 heteroatoms. The van der Waals surface area contributed by atoms with Gasteiger partial charge in [-0.05, 0) is 44.9 Å². The van der Waals surface area contributed by atoms with Crippen LogP contribution in [0.15, 0.2) is 23.1 Å². The maximum Gasteiger partial charge on any atom is 0.260 e. The van der Waals surface area contributed by atoms with Gasteiger partial charge >= 0.3 is 0 Å². The molecule has 1 saturated heterocycles. The molecule has 0 saturated carbocycles. The molecular formula is C16H23N3O5S. The standard InChI is InChI=1S/C16H23N3O5S/c1-3-18-16(21)11(2)24-14-7-6-12(10-13(14)15(17)20)25(22,23)19-8-4-5-9-19/h6-7,10-11H,3-5,8-9H2,1-2H3,(H2,17,20)(H,18,21)/t11-/m0/s1. The van der Waals surface area contributed by atoms with E-state index in [1.165, 1.54) is 29.4 Å². The molecule has 0 radical (unpaired) electrons. The maximum absolute atomic E-state index is 12.6. The minimum Gasteiger partial charge on any atom is -0.480 e. The number of hydrogen-bond acceptors (Lipinski definition) is 5. The number of carbonyl (C=O) groups is 2. The molecule has 0 bridgehead atoms. The third-order valence-electron chi connectivity index (χ3n) is 3.94. The number of carbonyl (C=O) groups excluding carboxylic acids is 2. The first kappa shape index (κ1) is 19.2. The second-order valence-electron chi connectivity index (χ2n) is 5.79. The van der Waals surface area contributed by atoms with Crippen molar-refractivity contribution >= 4 is 21.8 Å². The van der Waals surface area contributed by atoms with Crippen LogP contribution >= 0.6 is 0 Å². The fourth-order valence-corrected chi connectivity index (χ4v) is 4.15. The second-order valence-corrected chi connectivity index (χ2v) is 7.73. The van der Waals surface area contributed by atoms with Crippen LogP contribution in [-0.2, 0) is 14.8 Å². The Morgan fingerprint density at radius 1 is 1.32 bits per heavy atom. The van der Waals surface area contributed by atoms with E-state index in [0.717, 1.165) is 12.8 Å². The van der Waals surface area contributed by atoms with Gasteiger partial charge in [-0.3, -0.25) is 9.59 Å². The zero-order chi connectivity index (χ0) is 18.6. The lowest BCUT2D eigenvalue weighted by molar-refractivity contribution is -0.127. The quantitative estimate of drug-likeness (QED) is 0.724. The van der Waals surface area contributed by atoms with Crippen LogP contribution in [0.5, 0.6) is 5.75 Å². The molecule has 1 atom stereocenters. The van der Waals surface area contributed by atoms with Crippen molar-refractivity contribution in [2.75, 3.05) is 19.6 Å². The van der Waals surface area contributed by atoms with Gasteiger partial charge in [-0.1, -0.05) is 0 Å². The van der Waals surface area contributed by atoms with Crippen LogP contribution in [0.2, 0.25) is 0 Å². The maximum atomic E-state index is 12.6. The monoisotopic (exact) mass is 369 g/mol. The van der Waals surface area contributed by atoms with Gasteiger partial charge in [0, 0.05) is 19.6 Å². The van der Waals surface area contributed by atoms with Crippen molar-refractivity contribution in [3.8, 4) is 5.75 Å². The fraction of sp³-hybridized carbons (Fsp3) is 0.500. The van der Waals surface area contributed by atoms with Crippen LogP contribution < -0.4 is 15.8 Å². The van der Waals surface area contributed by atoms with Crippen molar-refractivity contribution in [1.29, 1.82) is 0 Å². The molecule has 1 aliphatic heterocycles. The molecule has 1 heterocycles. The average Bonchev–Trinajstić information content (AvgIpc) is 3.10. The van der Waals surface area contributed by atoms with Gasteiger partial charge in [0.15, 0.2) is 6.10 Å². The predicted octanol–water partition coefficient (Wildman–Crippen LogP) is 0.473. The lowest BCUT2D eigenvalue weighted by Crippen LogP contribution is -2.36. The summed E-state index contributed by atoms with van der Waals surface area (Å²) in [6, 6.07) is 3.93. The molecule has 0 aliphatic carbocycles. The summed E-state index contributed by atoms with van der Waals surface area (Å²) in [5, 5.41) is 2.60. The number of sulfonamides is 1. The molecular weight excluding hydrogens is 346 g/mol. The highest BCUT2D eigenvalue weighted by Gasteiger charge is 2.29. The summed E-state index contributed by atoms with van der Waals surface area (Å²) in [6.45, 7) is 4.67. The minimum absolute atomic E-state index is 0.0128. The molecule has 2 amide bonds. The van der Waals surface area contributed by atoms with Gasteiger partial charge in [-0.25, -0.2) is 8.42 Å². The summed E-state index contributed by atoms with van der Waals surface area (Å²) in [6.07, 6.45) is 0.777. The van der Waals surface area contributed by atoms with Gasteiger partial charge in [0.05, 0.1) is 10.5 Å². The Morgan fingerprint density at radius 3 is 2.52 bits per heavy atom. The van der Waals surface area contributed by atoms with Gasteiger partial charge in [-0.2, -0.15) is 4.31 Å². The summed E-state index contributed by atoms with van der Waals surface area (Å²) in [5.41, 5.74) is 5.29. The molecule has 3 N–H and O–H groups in total. The number of hydrogen-bond donors (Lipinski definition) is 2. The Bertz CT molecular complexity index is 757. The molecule has 138 valence electrons. The predicted molar refractivity (Wildman–Crippen MR) is 91.7 cm³/mol. The molecule has 1 aromatic carbocycles. The third kappa shape index (κ3) is 4.29. The average molecular weight is 369 g/mol. The highest BCUT2D eigenvalue weighted by molar-refractivity contribution is 7.89. The van der Waals surface area contributed by atoms with Gasteiger partial charge in [0.2, 0.25) is 10.0 Å². The van der Waals surface area contributed by atoms with Crippen LogP contribution in [0, 0.1) is 0 Å². The molecule has 1 aromatic rings. The largest absolute Gasteiger partial charge is 0.480 e. The zero-order valence-electron chi connectivity index (χ0n) is 14.3. The minimum atomic E-state index is -3.67. The Labute approximate surface area is 147 Å². The second kappa shape index (κ2) is 7.83. The van der Waals surface area contributed by atoms with E-state index in [-0.39, 0.29) is 22.1 Å². The Morgan fingerprint density at radius 2 is 1.96 bits per heavy atom. The lowest BCUT2D eigenvalue weighted by atomic mass is 10.2. The van der Waals surface area contributed by atoms with E-state index in [1.807, 2.05) is 0 Å². The fourth-order valence-electron chi connectivity index (χ4n) is 2.60. The Hall–Kier alpha value is -2.13. The van der Waals surface area contributed by atoms with Crippen LogP contribution in [-0.4, -0.2) is 50.3 Å². The molecule has 1 fully saturated rings. The SMILES string of the molecule is CCNC(=O)[C@H](C)Oc1ccc(S(=O)(=O)N2CCCC2)cc1C(N)=O. The lowest BCUT2D eigenvalue weighted by Gasteiger charge is -2.19. The molecule has 2 rings (SSSR count). The van der Waals surface area contributed by atoms with E-state index in [1.54, 1.807) is 6.92 Å². The summed E-state index contributed by atoms with van der Waals surface area (Å²) in [4.78, 5) is 23.5. The highest BCUT2D eigenvalue weighted by atomic mass is 32.2. The van der Waals surface area contributed by atoms with E-state index < -0.39 is 22.0 Å². The summed E-state index contributed by atoms with van der Waals surface area (Å²) < 4.78 is 32.1. The van der Waals surface area contributed by atoms with Crippen molar-refractivity contribution in [3.63, 3.8) is 0 Å². The van der Waals surface area contributed by atoms with Crippen LogP contribution in [0.25, 0.3) is 0 Å². The topological polar surface area (TPSA) is 119 Å². The summed E-state index contributed by atoms with van der Waals surface area (Å²) >= 11 is 0. The number of likely N-dealkylation sites (N-methyl/N-ethyl adjacent to an activating group) is 1. The molecule has 0 spiro atoms. The van der Waals surface area contributed by atoms with Gasteiger partial charge in [0.1, 0.15) is 5.75 Å². The van der Waals surface area contributed by atoms with Crippen molar-refractivity contribution in [2.45, 2.75) is 37.7 Å². The Balaban J connectivity index is 2.31. The van der Waals surface area contributed by atoms with Gasteiger partial charge in [-0.15, -0.1) is 0 Å². The van der Waals surface area contributed by atoms with Crippen LogP contribution in [0.4, 0.5) is 0 Å². The number of rotatable bonds is 7. The number of nitrogens with one attached hydrogen (secondary N) is 1. The smallest absolute Gasteiger partial charge is 0.260 e. The summed E-state index contributed by atoms with van der Waals surface area (Å²) in [7, 11) is -3.67. The normalized spacial score (nSPS) is 16.4. The van der Waals surface area contributed by atoms with Crippen LogP contribution in [0.3, 0.4) is 0 Å². The molecule has 0 unspecified atom stereocenters. The molecule has 25 heavy (non-hydrogen) atoms. The first-order chi connectivity index (χ1) is 11.8. The van der Waals surface area contributed by atoms with E-state index in [9.17, 15) is 18.0 Å². The Kier molecular flexibility index (Phi) is 6.02. The van der Waals surface area contributed by atoms with E-state index in [2.05, 4.69) is 5.32 Å². The number of ether oxygens (including phenoxy) is 1. The van der Waals surface area contributed by atoms with E-state index in [4.69, 9.17) is 10.5 Å². The van der Waals surface area contributed by atoms with Gasteiger partial charge < -0.3 is 15.8 Å². The third-order valence-corrected chi connectivity index (χ3v) is 5.84. The first-order valence-corrected chi connectivity index (χ1v) is 9.59. The molecule has 1 aliphatic rings. The molecule has 0 aromatic heterocycles. The molecule has 8 nitrogen and oxygen atoms in total. The number of primary amides is 1. The van der Waals surface area contributed by atoms with Gasteiger partial charge in [0.25, 0.3) is 11.8 Å². The van der Waals surface area contributed by atoms with Crippen LogP contribution in [0.1, 0.15) is 37.0 Å².